The molecule has 1 aromatic heterocycles. The first-order valence-electron chi connectivity index (χ1n) is 8.99. The van der Waals surface area contributed by atoms with Crippen LogP contribution in [0.4, 0.5) is 4.79 Å². The Morgan fingerprint density at radius 1 is 1.08 bits per heavy atom. The zero-order valence-electron chi connectivity index (χ0n) is 16.5. The molecule has 0 saturated heterocycles. The number of alkyl carbamates (subject to hydrolysis) is 1. The molecule has 0 unspecified atom stereocenters. The monoisotopic (exact) mass is 367 g/mol. The summed E-state index contributed by atoms with van der Waals surface area (Å²) in [5, 5.41) is 7.04. The van der Waals surface area contributed by atoms with Gasteiger partial charge in [0.2, 0.25) is 0 Å². The molecule has 1 amide bonds. The Hall–Kier alpha value is -2.12. The molecule has 1 saturated carbocycles. The van der Waals surface area contributed by atoms with Crippen LogP contribution in [0.1, 0.15) is 85.4 Å². The van der Waals surface area contributed by atoms with Crippen LogP contribution in [0.25, 0.3) is 0 Å². The first-order chi connectivity index (χ1) is 11.9. The minimum Gasteiger partial charge on any atom is -0.450 e. The Morgan fingerprint density at radius 3 is 2.23 bits per heavy atom. The summed E-state index contributed by atoms with van der Waals surface area (Å²) in [7, 11) is 0. The van der Waals surface area contributed by atoms with Crippen LogP contribution in [0, 0.1) is 0 Å². The highest BCUT2D eigenvalue weighted by molar-refractivity contribution is 5.69. The van der Waals surface area contributed by atoms with Crippen molar-refractivity contribution in [2.24, 2.45) is 0 Å². The number of hydrogen-bond donors (Lipinski definition) is 1. The summed E-state index contributed by atoms with van der Waals surface area (Å²) in [6.45, 7) is 10.1. The zero-order valence-corrected chi connectivity index (χ0v) is 16.5. The van der Waals surface area contributed by atoms with Crippen molar-refractivity contribution in [1.29, 1.82) is 0 Å². The van der Waals surface area contributed by atoms with Crippen molar-refractivity contribution in [3.05, 3.63) is 11.7 Å². The fraction of sp³-hybridized carbons (Fsp3) is 0.778. The molecule has 0 bridgehead atoms. The fourth-order valence-electron chi connectivity index (χ4n) is 3.12. The molecule has 1 heterocycles. The van der Waals surface area contributed by atoms with Gasteiger partial charge in [-0.15, -0.1) is 0 Å². The average Bonchev–Trinajstić information content (AvgIpc) is 2.95. The summed E-state index contributed by atoms with van der Waals surface area (Å²) >= 11 is 0. The highest BCUT2D eigenvalue weighted by atomic mass is 16.6. The van der Waals surface area contributed by atoms with Gasteiger partial charge in [0.25, 0.3) is 5.89 Å². The largest absolute Gasteiger partial charge is 0.450 e. The lowest BCUT2D eigenvalue weighted by molar-refractivity contribution is -0.157. The molecule has 8 heteroatoms. The molecule has 146 valence electrons. The Morgan fingerprint density at radius 2 is 1.69 bits per heavy atom. The lowest BCUT2D eigenvalue weighted by Gasteiger charge is -2.35. The molecule has 26 heavy (non-hydrogen) atoms. The van der Waals surface area contributed by atoms with Crippen molar-refractivity contribution in [1.82, 2.24) is 15.5 Å². The van der Waals surface area contributed by atoms with E-state index in [9.17, 15) is 9.59 Å². The molecular weight excluding hydrogens is 338 g/mol. The van der Waals surface area contributed by atoms with Crippen LogP contribution in [0.15, 0.2) is 4.52 Å². The summed E-state index contributed by atoms with van der Waals surface area (Å²) in [4.78, 5) is 28.1. The van der Waals surface area contributed by atoms with E-state index in [2.05, 4.69) is 15.5 Å². The molecule has 1 fully saturated rings. The third-order valence-electron chi connectivity index (χ3n) is 4.22. The second kappa shape index (κ2) is 7.25. The maximum atomic E-state index is 12.4. The summed E-state index contributed by atoms with van der Waals surface area (Å²) in [6.07, 6.45) is 3.84. The van der Waals surface area contributed by atoms with E-state index >= 15 is 0 Å². The van der Waals surface area contributed by atoms with Gasteiger partial charge in [0.1, 0.15) is 11.1 Å². The highest BCUT2D eigenvalue weighted by Crippen LogP contribution is 2.37. The van der Waals surface area contributed by atoms with E-state index < -0.39 is 28.8 Å². The molecule has 1 aromatic rings. The minimum absolute atomic E-state index is 0.193. The molecular formula is C18H29N3O5. The van der Waals surface area contributed by atoms with Gasteiger partial charge in [0.05, 0.1) is 0 Å². The van der Waals surface area contributed by atoms with Crippen molar-refractivity contribution in [2.45, 2.75) is 90.4 Å². The van der Waals surface area contributed by atoms with Crippen LogP contribution in [-0.2, 0) is 25.4 Å². The molecule has 0 spiro atoms. The van der Waals surface area contributed by atoms with Gasteiger partial charge < -0.3 is 19.3 Å². The normalized spacial score (nSPS) is 17.5. The number of nitrogens with zero attached hydrogens (tertiary/aromatic N) is 2. The van der Waals surface area contributed by atoms with Crippen molar-refractivity contribution in [3.63, 3.8) is 0 Å². The van der Waals surface area contributed by atoms with Gasteiger partial charge in [-0.2, -0.15) is 4.98 Å². The molecule has 0 radical (unpaired) electrons. The van der Waals surface area contributed by atoms with Crippen molar-refractivity contribution >= 4 is 12.1 Å². The molecule has 0 aromatic carbocycles. The maximum absolute atomic E-state index is 12.4. The topological polar surface area (TPSA) is 104 Å². The number of nitrogens with one attached hydrogen (secondary N) is 1. The highest BCUT2D eigenvalue weighted by Gasteiger charge is 2.42. The van der Waals surface area contributed by atoms with Crippen molar-refractivity contribution < 1.29 is 23.6 Å². The smallest absolute Gasteiger partial charge is 0.408 e. The predicted molar refractivity (Wildman–Crippen MR) is 93.2 cm³/mol. The molecule has 0 atom stereocenters. The Bertz CT molecular complexity index is 654. The summed E-state index contributed by atoms with van der Waals surface area (Å²) < 4.78 is 16.0. The number of carbonyl (C=O) groups excluding carboxylic acids is 2. The van der Waals surface area contributed by atoms with Gasteiger partial charge in [0, 0.05) is 6.92 Å². The quantitative estimate of drug-likeness (QED) is 0.812. The molecule has 1 N–H and O–H groups in total. The van der Waals surface area contributed by atoms with Gasteiger partial charge in [-0.1, -0.05) is 24.4 Å². The molecule has 8 nitrogen and oxygen atoms in total. The first-order valence-corrected chi connectivity index (χ1v) is 8.99. The summed E-state index contributed by atoms with van der Waals surface area (Å²) in [5.41, 5.74) is -2.38. The lowest BCUT2D eigenvalue weighted by atomic mass is 9.81. The van der Waals surface area contributed by atoms with Crippen LogP contribution in [0.3, 0.4) is 0 Å². The molecule has 1 aliphatic carbocycles. The van der Waals surface area contributed by atoms with Gasteiger partial charge in [-0.25, -0.2) is 4.79 Å². The second-order valence-electron chi connectivity index (χ2n) is 8.30. The Kier molecular flexibility index (Phi) is 5.63. The van der Waals surface area contributed by atoms with Crippen LogP contribution in [-0.4, -0.2) is 27.8 Å². The van der Waals surface area contributed by atoms with Gasteiger partial charge >= 0.3 is 12.1 Å². The van der Waals surface area contributed by atoms with Crippen molar-refractivity contribution in [2.75, 3.05) is 0 Å². The second-order valence-corrected chi connectivity index (χ2v) is 8.30. The van der Waals surface area contributed by atoms with Crippen molar-refractivity contribution in [3.8, 4) is 0 Å². The number of rotatable bonds is 4. The number of esters is 1. The molecule has 2 rings (SSSR count). The third kappa shape index (κ3) is 4.95. The fourth-order valence-corrected chi connectivity index (χ4v) is 3.12. The number of amides is 1. The summed E-state index contributed by atoms with van der Waals surface area (Å²) in [6, 6.07) is 0. The minimum atomic E-state index is -1.04. The van der Waals surface area contributed by atoms with E-state index in [1.807, 2.05) is 20.8 Å². The standard InChI is InChI=1S/C18H29N3O5/c1-12(22)24-17(5,6)14-19-13(21-26-14)18(10-8-7-9-11-18)20-15(23)25-16(2,3)4/h7-11H2,1-6H3,(H,20,23). The predicted octanol–water partition coefficient (Wildman–Crippen LogP) is 3.55. The van der Waals surface area contributed by atoms with Crippen LogP contribution >= 0.6 is 0 Å². The molecule has 1 aliphatic rings. The summed E-state index contributed by atoms with van der Waals surface area (Å²) in [5.74, 6) is 0.144. The Balaban J connectivity index is 2.27. The van der Waals surface area contributed by atoms with Crippen LogP contribution in [0.5, 0.6) is 0 Å². The number of hydrogen-bond acceptors (Lipinski definition) is 7. The van der Waals surface area contributed by atoms with E-state index in [0.29, 0.717) is 18.7 Å². The van der Waals surface area contributed by atoms with Gasteiger partial charge in [-0.05, 0) is 47.5 Å². The SMILES string of the molecule is CC(=O)OC(C)(C)c1nc(C2(NC(=O)OC(C)(C)C)CCCCC2)no1. The average molecular weight is 367 g/mol. The third-order valence-corrected chi connectivity index (χ3v) is 4.22. The van der Waals surface area contributed by atoms with E-state index in [4.69, 9.17) is 14.0 Å². The van der Waals surface area contributed by atoms with E-state index in [0.717, 1.165) is 19.3 Å². The maximum Gasteiger partial charge on any atom is 0.408 e. The first kappa shape index (κ1) is 20.2. The van der Waals surface area contributed by atoms with E-state index in [1.165, 1.54) is 6.92 Å². The number of aromatic nitrogens is 2. The van der Waals surface area contributed by atoms with E-state index in [1.54, 1.807) is 13.8 Å². The van der Waals surface area contributed by atoms with E-state index in [-0.39, 0.29) is 5.89 Å². The zero-order chi connectivity index (χ0) is 19.6. The molecule has 0 aliphatic heterocycles. The van der Waals surface area contributed by atoms with Gasteiger partial charge in [-0.3, -0.25) is 4.79 Å². The van der Waals surface area contributed by atoms with Gasteiger partial charge in [0.15, 0.2) is 11.4 Å². The number of ether oxygens (including phenoxy) is 2. The Labute approximate surface area is 154 Å². The lowest BCUT2D eigenvalue weighted by Crippen LogP contribution is -2.49. The number of carbonyl (C=O) groups is 2. The van der Waals surface area contributed by atoms with Crippen LogP contribution < -0.4 is 5.32 Å². The van der Waals surface area contributed by atoms with Crippen LogP contribution in [0.2, 0.25) is 0 Å².